The van der Waals surface area contributed by atoms with Crippen molar-refractivity contribution in [3.8, 4) is 11.3 Å². The first kappa shape index (κ1) is 11.6. The van der Waals surface area contributed by atoms with Crippen molar-refractivity contribution in [3.05, 3.63) is 29.0 Å². The number of hydrogen-bond donors (Lipinski definition) is 2. The van der Waals surface area contributed by atoms with Crippen LogP contribution in [0.3, 0.4) is 0 Å². The summed E-state index contributed by atoms with van der Waals surface area (Å²) in [5.41, 5.74) is 13.6. The topological polar surface area (TPSA) is 90.7 Å². The molecule has 2 aromatic heterocycles. The molecular formula is C11H12ClN5. The molecule has 0 aliphatic heterocycles. The van der Waals surface area contributed by atoms with E-state index in [2.05, 4.69) is 15.0 Å². The zero-order chi connectivity index (χ0) is 12.4. The molecule has 0 aliphatic rings. The van der Waals surface area contributed by atoms with Gasteiger partial charge < -0.3 is 11.5 Å². The minimum absolute atomic E-state index is 0.171. The number of nitrogen functional groups attached to an aromatic ring is 2. The van der Waals surface area contributed by atoms with Crippen molar-refractivity contribution in [1.29, 1.82) is 0 Å². The number of hydrogen-bond acceptors (Lipinski definition) is 5. The molecule has 2 aromatic rings. The van der Waals surface area contributed by atoms with E-state index in [0.717, 1.165) is 5.69 Å². The smallest absolute Gasteiger partial charge is 0.222 e. The highest BCUT2D eigenvalue weighted by molar-refractivity contribution is 6.30. The maximum absolute atomic E-state index is 5.93. The van der Waals surface area contributed by atoms with Gasteiger partial charge in [0, 0.05) is 11.2 Å². The van der Waals surface area contributed by atoms with Crippen molar-refractivity contribution >= 4 is 23.4 Å². The quantitative estimate of drug-likeness (QED) is 0.849. The SMILES string of the molecule is CCc1nc(N)nc(N)c1-c1cc(Cl)ccn1. The maximum atomic E-state index is 5.93. The molecule has 88 valence electrons. The highest BCUT2D eigenvalue weighted by Gasteiger charge is 2.13. The number of anilines is 2. The Balaban J connectivity index is 2.66. The number of aryl methyl sites for hydroxylation is 1. The minimum Gasteiger partial charge on any atom is -0.383 e. The summed E-state index contributed by atoms with van der Waals surface area (Å²) in [6.07, 6.45) is 2.31. The van der Waals surface area contributed by atoms with Gasteiger partial charge in [-0.1, -0.05) is 18.5 Å². The first-order valence-electron chi connectivity index (χ1n) is 5.15. The first-order chi connectivity index (χ1) is 8.11. The Morgan fingerprint density at radius 1 is 1.29 bits per heavy atom. The van der Waals surface area contributed by atoms with Crippen LogP contribution in [-0.2, 0) is 6.42 Å². The van der Waals surface area contributed by atoms with Gasteiger partial charge in [-0.25, -0.2) is 4.98 Å². The summed E-state index contributed by atoms with van der Waals surface area (Å²) in [4.78, 5) is 12.3. The van der Waals surface area contributed by atoms with Gasteiger partial charge in [0.1, 0.15) is 5.82 Å². The van der Waals surface area contributed by atoms with Crippen molar-refractivity contribution < 1.29 is 0 Å². The van der Waals surface area contributed by atoms with Gasteiger partial charge in [0.15, 0.2) is 0 Å². The van der Waals surface area contributed by atoms with Gasteiger partial charge in [-0.05, 0) is 18.6 Å². The van der Waals surface area contributed by atoms with Crippen LogP contribution in [-0.4, -0.2) is 15.0 Å². The molecule has 0 radical (unpaired) electrons. The maximum Gasteiger partial charge on any atom is 0.222 e. The highest BCUT2D eigenvalue weighted by Crippen LogP contribution is 2.28. The third-order valence-corrected chi connectivity index (χ3v) is 2.58. The normalized spacial score (nSPS) is 10.5. The van der Waals surface area contributed by atoms with Crippen molar-refractivity contribution in [2.75, 3.05) is 11.5 Å². The van der Waals surface area contributed by atoms with E-state index >= 15 is 0 Å². The second-order valence-corrected chi connectivity index (χ2v) is 3.94. The average molecular weight is 250 g/mol. The van der Waals surface area contributed by atoms with E-state index in [0.29, 0.717) is 28.5 Å². The van der Waals surface area contributed by atoms with Crippen LogP contribution < -0.4 is 11.5 Å². The molecule has 0 unspecified atom stereocenters. The Hall–Kier alpha value is -1.88. The lowest BCUT2D eigenvalue weighted by Crippen LogP contribution is -2.06. The van der Waals surface area contributed by atoms with Gasteiger partial charge in [-0.15, -0.1) is 0 Å². The van der Waals surface area contributed by atoms with Crippen LogP contribution >= 0.6 is 11.6 Å². The largest absolute Gasteiger partial charge is 0.383 e. The van der Waals surface area contributed by atoms with Crippen LogP contribution in [0.1, 0.15) is 12.6 Å². The van der Waals surface area contributed by atoms with E-state index in [1.807, 2.05) is 6.92 Å². The molecule has 0 spiro atoms. The molecule has 0 bridgehead atoms. The van der Waals surface area contributed by atoms with Crippen LogP contribution in [0.25, 0.3) is 11.3 Å². The van der Waals surface area contributed by atoms with E-state index in [9.17, 15) is 0 Å². The fourth-order valence-electron chi connectivity index (χ4n) is 1.62. The van der Waals surface area contributed by atoms with Gasteiger partial charge >= 0.3 is 0 Å². The first-order valence-corrected chi connectivity index (χ1v) is 5.53. The lowest BCUT2D eigenvalue weighted by atomic mass is 10.1. The molecule has 4 N–H and O–H groups in total. The molecule has 0 aliphatic carbocycles. The molecule has 2 heterocycles. The standard InChI is InChI=1S/C11H12ClN5/c1-2-7-9(10(13)17-11(14)16-7)8-5-6(12)3-4-15-8/h3-5H,2H2,1H3,(H4,13,14,16,17). The summed E-state index contributed by atoms with van der Waals surface area (Å²) in [6, 6.07) is 3.43. The molecule has 17 heavy (non-hydrogen) atoms. The molecule has 0 atom stereocenters. The zero-order valence-electron chi connectivity index (χ0n) is 9.31. The van der Waals surface area contributed by atoms with Crippen LogP contribution in [0.2, 0.25) is 5.02 Å². The molecule has 0 fully saturated rings. The summed E-state index contributed by atoms with van der Waals surface area (Å²) in [5.74, 6) is 0.495. The number of nitrogens with two attached hydrogens (primary N) is 2. The lowest BCUT2D eigenvalue weighted by molar-refractivity contribution is 1.01. The molecule has 0 amide bonds. The van der Waals surface area contributed by atoms with E-state index in [1.165, 1.54) is 0 Å². The fraction of sp³-hybridized carbons (Fsp3) is 0.182. The number of pyridine rings is 1. The van der Waals surface area contributed by atoms with E-state index in [4.69, 9.17) is 23.1 Å². The lowest BCUT2D eigenvalue weighted by Gasteiger charge is -2.09. The summed E-state index contributed by atoms with van der Waals surface area (Å²) < 4.78 is 0. The van der Waals surface area contributed by atoms with Gasteiger partial charge in [0.05, 0.1) is 17.0 Å². The molecule has 0 saturated carbocycles. The minimum atomic E-state index is 0.171. The number of nitrogens with zero attached hydrogens (tertiary/aromatic N) is 3. The van der Waals surface area contributed by atoms with Crippen LogP contribution in [0, 0.1) is 0 Å². The third kappa shape index (κ3) is 2.29. The van der Waals surface area contributed by atoms with Gasteiger partial charge in [0.25, 0.3) is 0 Å². The summed E-state index contributed by atoms with van der Waals surface area (Å²) in [5, 5.41) is 0.591. The molecule has 0 saturated heterocycles. The summed E-state index contributed by atoms with van der Waals surface area (Å²) in [6.45, 7) is 1.97. The Labute approximate surface area is 104 Å². The third-order valence-electron chi connectivity index (χ3n) is 2.34. The molecule has 6 heteroatoms. The predicted molar refractivity (Wildman–Crippen MR) is 68.5 cm³/mol. The van der Waals surface area contributed by atoms with Crippen LogP contribution in [0.15, 0.2) is 18.3 Å². The number of rotatable bonds is 2. The average Bonchev–Trinajstić information content (AvgIpc) is 2.27. The summed E-state index contributed by atoms with van der Waals surface area (Å²) in [7, 11) is 0. The molecule has 5 nitrogen and oxygen atoms in total. The molecular weight excluding hydrogens is 238 g/mol. The van der Waals surface area contributed by atoms with E-state index in [-0.39, 0.29) is 5.95 Å². The van der Waals surface area contributed by atoms with Crippen molar-refractivity contribution in [3.63, 3.8) is 0 Å². The Morgan fingerprint density at radius 2 is 2.06 bits per heavy atom. The van der Waals surface area contributed by atoms with E-state index in [1.54, 1.807) is 18.3 Å². The highest BCUT2D eigenvalue weighted by atomic mass is 35.5. The monoisotopic (exact) mass is 249 g/mol. The predicted octanol–water partition coefficient (Wildman–Crippen LogP) is 1.92. The molecule has 2 rings (SSSR count). The van der Waals surface area contributed by atoms with Crippen LogP contribution in [0.5, 0.6) is 0 Å². The van der Waals surface area contributed by atoms with Gasteiger partial charge in [-0.2, -0.15) is 4.98 Å². The number of aromatic nitrogens is 3. The Bertz CT molecular complexity index is 556. The van der Waals surface area contributed by atoms with Crippen molar-refractivity contribution in [2.24, 2.45) is 0 Å². The number of halogens is 1. The second-order valence-electron chi connectivity index (χ2n) is 3.50. The summed E-state index contributed by atoms with van der Waals surface area (Å²) >= 11 is 5.93. The second kappa shape index (κ2) is 4.55. The fourth-order valence-corrected chi connectivity index (χ4v) is 1.78. The zero-order valence-corrected chi connectivity index (χ0v) is 10.1. The van der Waals surface area contributed by atoms with Crippen molar-refractivity contribution in [2.45, 2.75) is 13.3 Å². The Kier molecular flexibility index (Phi) is 3.10. The van der Waals surface area contributed by atoms with Crippen molar-refractivity contribution in [1.82, 2.24) is 15.0 Å². The van der Waals surface area contributed by atoms with E-state index < -0.39 is 0 Å². The van der Waals surface area contributed by atoms with Crippen LogP contribution in [0.4, 0.5) is 11.8 Å². The van der Waals surface area contributed by atoms with Gasteiger partial charge in [0.2, 0.25) is 5.95 Å². The Morgan fingerprint density at radius 3 is 2.71 bits per heavy atom. The van der Waals surface area contributed by atoms with Gasteiger partial charge in [-0.3, -0.25) is 4.98 Å². The molecule has 0 aromatic carbocycles.